The fourth-order valence-electron chi connectivity index (χ4n) is 2.65. The van der Waals surface area contributed by atoms with E-state index in [0.717, 1.165) is 29.7 Å². The van der Waals surface area contributed by atoms with E-state index in [1.54, 1.807) is 0 Å². The Morgan fingerprint density at radius 1 is 1.25 bits per heavy atom. The number of anilines is 3. The van der Waals surface area contributed by atoms with Crippen molar-refractivity contribution < 1.29 is 27.5 Å². The minimum Gasteiger partial charge on any atom is -0.417 e. The van der Waals surface area contributed by atoms with E-state index in [-0.39, 0.29) is 38.0 Å². The second-order valence-corrected chi connectivity index (χ2v) is 7.74. The first-order valence-electron chi connectivity index (χ1n) is 8.84. The average Bonchev–Trinajstić information content (AvgIpc) is 3.11. The molecule has 3 aromatic rings. The van der Waals surface area contributed by atoms with Crippen molar-refractivity contribution in [3.63, 3.8) is 0 Å². The summed E-state index contributed by atoms with van der Waals surface area (Å²) in [6.07, 6.45) is 1.05. The van der Waals surface area contributed by atoms with Crippen molar-refractivity contribution in [2.45, 2.75) is 19.6 Å². The van der Waals surface area contributed by atoms with Crippen molar-refractivity contribution >= 4 is 51.3 Å². The quantitative estimate of drug-likeness (QED) is 0.465. The highest BCUT2D eigenvalue weighted by Gasteiger charge is 2.28. The molecule has 3 rings (SSSR count). The van der Waals surface area contributed by atoms with Crippen LogP contribution in [0.3, 0.4) is 0 Å². The fourth-order valence-corrected chi connectivity index (χ4v) is 3.82. The molecular weight excluding hydrogens is 471 g/mol. The highest BCUT2D eigenvalue weighted by molar-refractivity contribution is 7.18. The van der Waals surface area contributed by atoms with Crippen LogP contribution in [-0.4, -0.2) is 34.3 Å². The number of ketones is 1. The Morgan fingerprint density at radius 3 is 2.53 bits per heavy atom. The van der Waals surface area contributed by atoms with Gasteiger partial charge in [0, 0.05) is 23.5 Å². The number of hydrogen-bond acceptors (Lipinski definition) is 8. The number of thiazole rings is 1. The Bertz CT molecular complexity index is 1160. The van der Waals surface area contributed by atoms with Gasteiger partial charge in [-0.1, -0.05) is 22.9 Å². The topological polar surface area (TPSA) is 124 Å². The van der Waals surface area contributed by atoms with Crippen LogP contribution in [-0.2, 0) is 4.79 Å². The molecule has 0 aliphatic carbocycles. The fraction of sp³-hybridized carbons (Fsp3) is 0.158. The van der Waals surface area contributed by atoms with Crippen LogP contribution < -0.4 is 21.1 Å². The van der Waals surface area contributed by atoms with E-state index in [9.17, 15) is 22.8 Å². The maximum Gasteiger partial charge on any atom is 0.388 e. The van der Waals surface area contributed by atoms with Gasteiger partial charge in [0.15, 0.2) is 5.13 Å². The molecule has 168 valence electrons. The first-order valence-corrected chi connectivity index (χ1v) is 10.0. The van der Waals surface area contributed by atoms with Gasteiger partial charge in [0.25, 0.3) is 0 Å². The average molecular weight is 486 g/mol. The van der Waals surface area contributed by atoms with Crippen molar-refractivity contribution in [2.75, 3.05) is 10.6 Å². The van der Waals surface area contributed by atoms with Crippen LogP contribution in [0.25, 0.3) is 0 Å². The summed E-state index contributed by atoms with van der Waals surface area (Å²) in [5.41, 5.74) is 11.6. The van der Waals surface area contributed by atoms with E-state index in [1.165, 1.54) is 30.0 Å². The van der Waals surface area contributed by atoms with Crippen LogP contribution >= 0.6 is 22.9 Å². The summed E-state index contributed by atoms with van der Waals surface area (Å²) in [6, 6.07) is 5.21. The molecule has 0 spiro atoms. The third kappa shape index (κ3) is 4.92. The van der Waals surface area contributed by atoms with Crippen molar-refractivity contribution in [1.29, 1.82) is 0 Å². The standard InChI is InChI=1S/C19H15ClF3N5O3S/c1-8(17(25)30)28(10-3-4-11(20)12(21)6-10)19-27-16(24)15(32-19)14(29)9-2-5-13(26-7-9)31-18(22)23/h2-8,18H,24H2,1H3,(H2,25,30)/t8-/m1/s1. The summed E-state index contributed by atoms with van der Waals surface area (Å²) in [6.45, 7) is -1.58. The summed E-state index contributed by atoms with van der Waals surface area (Å²) in [5.74, 6) is -2.57. The van der Waals surface area contributed by atoms with Gasteiger partial charge in [-0.3, -0.25) is 9.59 Å². The second-order valence-electron chi connectivity index (χ2n) is 6.35. The van der Waals surface area contributed by atoms with Crippen LogP contribution in [0, 0.1) is 5.82 Å². The molecule has 0 aliphatic rings. The molecule has 1 amide bonds. The molecule has 4 N–H and O–H groups in total. The molecule has 1 aromatic carbocycles. The number of carbonyl (C=O) groups is 2. The first-order chi connectivity index (χ1) is 15.1. The number of carbonyl (C=O) groups excluding carboxylic acids is 2. The number of alkyl halides is 2. The van der Waals surface area contributed by atoms with Gasteiger partial charge < -0.3 is 21.1 Å². The van der Waals surface area contributed by atoms with E-state index in [0.29, 0.717) is 0 Å². The number of aromatic nitrogens is 2. The monoisotopic (exact) mass is 485 g/mol. The Hall–Kier alpha value is -3.38. The van der Waals surface area contributed by atoms with Gasteiger partial charge in [0.05, 0.1) is 5.02 Å². The van der Waals surface area contributed by atoms with Crippen molar-refractivity contribution in [1.82, 2.24) is 9.97 Å². The lowest BCUT2D eigenvalue weighted by Crippen LogP contribution is -2.40. The Morgan fingerprint density at radius 2 is 1.97 bits per heavy atom. The molecule has 2 heterocycles. The van der Waals surface area contributed by atoms with Gasteiger partial charge >= 0.3 is 6.61 Å². The Labute approximate surface area is 188 Å². The summed E-state index contributed by atoms with van der Waals surface area (Å²) in [4.78, 5) is 33.8. The van der Waals surface area contributed by atoms with Crippen molar-refractivity contribution in [3.05, 3.63) is 57.8 Å². The van der Waals surface area contributed by atoms with E-state index in [4.69, 9.17) is 23.1 Å². The number of primary amides is 1. The maximum atomic E-state index is 14.0. The summed E-state index contributed by atoms with van der Waals surface area (Å²) in [7, 11) is 0. The molecule has 0 saturated heterocycles. The molecule has 0 bridgehead atoms. The number of rotatable bonds is 8. The Balaban J connectivity index is 1.98. The highest BCUT2D eigenvalue weighted by Crippen LogP contribution is 2.36. The van der Waals surface area contributed by atoms with E-state index < -0.39 is 30.2 Å². The second kappa shape index (κ2) is 9.40. The molecule has 13 heteroatoms. The Kier molecular flexibility index (Phi) is 6.84. The lowest BCUT2D eigenvalue weighted by Gasteiger charge is -2.26. The zero-order chi connectivity index (χ0) is 23.6. The van der Waals surface area contributed by atoms with Crippen LogP contribution in [0.2, 0.25) is 5.02 Å². The number of nitrogens with zero attached hydrogens (tertiary/aromatic N) is 3. The van der Waals surface area contributed by atoms with E-state index in [1.807, 2.05) is 0 Å². The van der Waals surface area contributed by atoms with Crippen LogP contribution in [0.5, 0.6) is 5.88 Å². The van der Waals surface area contributed by atoms with E-state index >= 15 is 0 Å². The third-order valence-corrected chi connectivity index (χ3v) is 5.62. The maximum absolute atomic E-state index is 14.0. The van der Waals surface area contributed by atoms with E-state index in [2.05, 4.69) is 14.7 Å². The first kappa shape index (κ1) is 23.3. The van der Waals surface area contributed by atoms with Gasteiger partial charge in [-0.2, -0.15) is 8.78 Å². The molecule has 0 saturated carbocycles. The minimum absolute atomic E-state index is 0.000402. The number of benzene rings is 1. The molecular formula is C19H15ClF3N5O3S. The number of nitrogens with two attached hydrogens (primary N) is 2. The number of hydrogen-bond donors (Lipinski definition) is 2. The van der Waals surface area contributed by atoms with Crippen LogP contribution in [0.4, 0.5) is 29.8 Å². The zero-order valence-electron chi connectivity index (χ0n) is 16.3. The molecule has 2 aromatic heterocycles. The molecule has 32 heavy (non-hydrogen) atoms. The van der Waals surface area contributed by atoms with Crippen LogP contribution in [0.1, 0.15) is 22.2 Å². The molecule has 8 nitrogen and oxygen atoms in total. The lowest BCUT2D eigenvalue weighted by atomic mass is 10.1. The molecule has 0 fully saturated rings. The van der Waals surface area contributed by atoms with Crippen molar-refractivity contribution in [3.8, 4) is 5.88 Å². The summed E-state index contributed by atoms with van der Waals surface area (Å²) in [5, 5.41) is -0.0220. The van der Waals surface area contributed by atoms with Gasteiger partial charge in [-0.05, 0) is 31.2 Å². The molecule has 0 radical (unpaired) electrons. The summed E-state index contributed by atoms with van der Waals surface area (Å²) < 4.78 is 42.7. The highest BCUT2D eigenvalue weighted by atomic mass is 35.5. The number of amides is 1. The molecule has 0 aliphatic heterocycles. The normalized spacial score (nSPS) is 11.9. The zero-order valence-corrected chi connectivity index (χ0v) is 17.8. The third-order valence-electron chi connectivity index (χ3n) is 4.24. The van der Waals surface area contributed by atoms with Gasteiger partial charge in [-0.25, -0.2) is 14.4 Å². The van der Waals surface area contributed by atoms with Gasteiger partial charge in [0.1, 0.15) is 22.6 Å². The largest absolute Gasteiger partial charge is 0.417 e. The number of halogens is 4. The number of pyridine rings is 1. The SMILES string of the molecule is C[C@H](C(N)=O)N(c1ccc(Cl)c(F)c1)c1nc(N)c(C(=O)c2ccc(OC(F)F)nc2)s1. The smallest absolute Gasteiger partial charge is 0.388 e. The van der Waals surface area contributed by atoms with Crippen LogP contribution in [0.15, 0.2) is 36.5 Å². The minimum atomic E-state index is -3.06. The van der Waals surface area contributed by atoms with Crippen molar-refractivity contribution in [2.24, 2.45) is 5.73 Å². The molecule has 0 unspecified atom stereocenters. The van der Waals surface area contributed by atoms with Gasteiger partial charge in [0.2, 0.25) is 17.6 Å². The number of nitrogen functional groups attached to an aromatic ring is 1. The number of ether oxygens (including phenoxy) is 1. The predicted molar refractivity (Wildman–Crippen MR) is 113 cm³/mol. The summed E-state index contributed by atoms with van der Waals surface area (Å²) >= 11 is 6.57. The predicted octanol–water partition coefficient (Wildman–Crippen LogP) is 3.76. The molecule has 1 atom stereocenters. The van der Waals surface area contributed by atoms with Gasteiger partial charge in [-0.15, -0.1) is 0 Å². The lowest BCUT2D eigenvalue weighted by molar-refractivity contribution is -0.118.